The van der Waals surface area contributed by atoms with E-state index in [1.54, 1.807) is 6.07 Å². The van der Waals surface area contributed by atoms with Crippen molar-refractivity contribution in [2.24, 2.45) is 5.92 Å². The fourth-order valence-electron chi connectivity index (χ4n) is 3.02. The fraction of sp³-hybridized carbons (Fsp3) is 0.273. The molecule has 29 heavy (non-hydrogen) atoms. The third-order valence-electron chi connectivity index (χ3n) is 4.64. The van der Waals surface area contributed by atoms with Crippen LogP contribution < -0.4 is 10.6 Å². The van der Waals surface area contributed by atoms with Crippen LogP contribution in [0.4, 0.5) is 0 Å². The first-order chi connectivity index (χ1) is 13.8. The van der Waals surface area contributed by atoms with Crippen LogP contribution in [0.5, 0.6) is 0 Å². The second-order valence-corrected chi connectivity index (χ2v) is 8.08. The summed E-state index contributed by atoms with van der Waals surface area (Å²) < 4.78 is 5.82. The molecule has 2 amide bonds. The maximum Gasteiger partial charge on any atom is 0.253 e. The number of benzene rings is 2. The Hall–Kier alpha value is -2.50. The molecule has 0 fully saturated rings. The highest BCUT2D eigenvalue weighted by atomic mass is 35.5. The maximum absolute atomic E-state index is 12.9. The zero-order chi connectivity index (χ0) is 21.1. The number of furan rings is 1. The SMILES string of the molecule is CC(C)[C@H](NC(=O)c1ccc(Cl)cc1Cl)C(=O)N[C@@H](C)c1cc2ccccc2o1. The number of nitrogens with one attached hydrogen (secondary N) is 2. The largest absolute Gasteiger partial charge is 0.459 e. The zero-order valence-electron chi connectivity index (χ0n) is 16.3. The van der Waals surface area contributed by atoms with Crippen LogP contribution in [0, 0.1) is 5.92 Å². The summed E-state index contributed by atoms with van der Waals surface area (Å²) in [6, 6.07) is 13.1. The Labute approximate surface area is 179 Å². The van der Waals surface area contributed by atoms with E-state index in [-0.39, 0.29) is 28.5 Å². The number of carbonyl (C=O) groups is 2. The fourth-order valence-corrected chi connectivity index (χ4v) is 3.51. The summed E-state index contributed by atoms with van der Waals surface area (Å²) >= 11 is 12.0. The quantitative estimate of drug-likeness (QED) is 0.549. The molecule has 0 aliphatic carbocycles. The number of para-hydroxylation sites is 1. The second kappa shape index (κ2) is 8.89. The van der Waals surface area contributed by atoms with E-state index < -0.39 is 11.9 Å². The number of amides is 2. The molecule has 152 valence electrons. The Morgan fingerprint density at radius 2 is 1.69 bits per heavy atom. The van der Waals surface area contributed by atoms with Crippen LogP contribution in [0.25, 0.3) is 11.0 Å². The second-order valence-electron chi connectivity index (χ2n) is 7.24. The molecule has 2 aromatic carbocycles. The lowest BCUT2D eigenvalue weighted by molar-refractivity contribution is -0.124. The molecule has 3 rings (SSSR count). The molecule has 0 aliphatic rings. The molecule has 0 radical (unpaired) electrons. The lowest BCUT2D eigenvalue weighted by atomic mass is 10.0. The number of halogens is 2. The minimum absolute atomic E-state index is 0.132. The standard InChI is InChI=1S/C22H22Cl2N2O3/c1-12(2)20(26-21(27)16-9-8-15(23)11-17(16)24)22(28)25-13(3)19-10-14-6-4-5-7-18(14)29-19/h4-13,20H,1-3H3,(H,25,28)(H,26,27)/t13-,20-/m0/s1. The van der Waals surface area contributed by atoms with Gasteiger partial charge in [0.2, 0.25) is 5.91 Å². The molecule has 7 heteroatoms. The maximum atomic E-state index is 12.9. The van der Waals surface area contributed by atoms with Crippen LogP contribution in [0.2, 0.25) is 10.0 Å². The molecule has 0 saturated heterocycles. The molecule has 1 heterocycles. The van der Waals surface area contributed by atoms with Crippen molar-refractivity contribution in [2.75, 3.05) is 0 Å². The lowest BCUT2D eigenvalue weighted by Gasteiger charge is -2.23. The van der Waals surface area contributed by atoms with Crippen molar-refractivity contribution in [1.29, 1.82) is 0 Å². The summed E-state index contributed by atoms with van der Waals surface area (Å²) in [5, 5.41) is 7.32. The summed E-state index contributed by atoms with van der Waals surface area (Å²) in [6.07, 6.45) is 0. The van der Waals surface area contributed by atoms with Gasteiger partial charge in [-0.1, -0.05) is 55.2 Å². The van der Waals surface area contributed by atoms with Gasteiger partial charge in [0.05, 0.1) is 16.6 Å². The molecular formula is C22H22Cl2N2O3. The van der Waals surface area contributed by atoms with E-state index in [9.17, 15) is 9.59 Å². The summed E-state index contributed by atoms with van der Waals surface area (Å²) in [7, 11) is 0. The van der Waals surface area contributed by atoms with Crippen LogP contribution in [-0.2, 0) is 4.79 Å². The van der Waals surface area contributed by atoms with Gasteiger partial charge in [-0.15, -0.1) is 0 Å². The van der Waals surface area contributed by atoms with Gasteiger partial charge >= 0.3 is 0 Å². The third-order valence-corrected chi connectivity index (χ3v) is 5.19. The van der Waals surface area contributed by atoms with Crippen molar-refractivity contribution in [3.05, 3.63) is 69.9 Å². The summed E-state index contributed by atoms with van der Waals surface area (Å²) in [6.45, 7) is 5.56. The molecule has 2 N–H and O–H groups in total. The minimum Gasteiger partial charge on any atom is -0.459 e. The van der Waals surface area contributed by atoms with E-state index in [0.29, 0.717) is 10.8 Å². The Bertz CT molecular complexity index is 1010. The summed E-state index contributed by atoms with van der Waals surface area (Å²) in [4.78, 5) is 25.5. The van der Waals surface area contributed by atoms with Crippen LogP contribution >= 0.6 is 23.2 Å². The molecule has 0 spiro atoms. The average molecular weight is 433 g/mol. The van der Waals surface area contributed by atoms with Crippen molar-refractivity contribution in [1.82, 2.24) is 10.6 Å². The molecule has 3 aromatic rings. The van der Waals surface area contributed by atoms with Crippen LogP contribution in [0.1, 0.15) is 42.9 Å². The van der Waals surface area contributed by atoms with E-state index in [2.05, 4.69) is 10.6 Å². The molecule has 2 atom stereocenters. The molecule has 5 nitrogen and oxygen atoms in total. The van der Waals surface area contributed by atoms with E-state index in [1.165, 1.54) is 12.1 Å². The highest BCUT2D eigenvalue weighted by Crippen LogP contribution is 2.24. The van der Waals surface area contributed by atoms with Gasteiger partial charge in [0.1, 0.15) is 17.4 Å². The number of hydrogen-bond donors (Lipinski definition) is 2. The monoisotopic (exact) mass is 432 g/mol. The number of carbonyl (C=O) groups excluding carboxylic acids is 2. The van der Waals surface area contributed by atoms with Crippen molar-refractivity contribution >= 4 is 46.0 Å². The minimum atomic E-state index is -0.735. The Morgan fingerprint density at radius 3 is 2.34 bits per heavy atom. The summed E-state index contributed by atoms with van der Waals surface area (Å²) in [5.41, 5.74) is 1.02. The van der Waals surface area contributed by atoms with Crippen LogP contribution in [-0.4, -0.2) is 17.9 Å². The normalized spacial score (nSPS) is 13.3. The first kappa shape index (κ1) is 21.2. The highest BCUT2D eigenvalue weighted by Gasteiger charge is 2.27. The smallest absolute Gasteiger partial charge is 0.253 e. The van der Waals surface area contributed by atoms with Gasteiger partial charge in [-0.05, 0) is 43.2 Å². The van der Waals surface area contributed by atoms with Gasteiger partial charge < -0.3 is 15.1 Å². The van der Waals surface area contributed by atoms with Gasteiger partial charge in [-0.3, -0.25) is 9.59 Å². The van der Waals surface area contributed by atoms with Crippen LogP contribution in [0.15, 0.2) is 52.9 Å². The van der Waals surface area contributed by atoms with E-state index in [0.717, 1.165) is 11.0 Å². The van der Waals surface area contributed by atoms with Crippen molar-refractivity contribution in [3.8, 4) is 0 Å². The van der Waals surface area contributed by atoms with Gasteiger partial charge in [0.25, 0.3) is 5.91 Å². The molecule has 0 bridgehead atoms. The lowest BCUT2D eigenvalue weighted by Crippen LogP contribution is -2.50. The van der Waals surface area contributed by atoms with Gasteiger partial charge in [0, 0.05) is 10.4 Å². The number of hydrogen-bond acceptors (Lipinski definition) is 3. The number of fused-ring (bicyclic) bond motifs is 1. The van der Waals surface area contributed by atoms with Crippen molar-refractivity contribution < 1.29 is 14.0 Å². The van der Waals surface area contributed by atoms with Gasteiger partial charge in [-0.2, -0.15) is 0 Å². The van der Waals surface area contributed by atoms with E-state index in [1.807, 2.05) is 51.1 Å². The Morgan fingerprint density at radius 1 is 0.966 bits per heavy atom. The van der Waals surface area contributed by atoms with Crippen LogP contribution in [0.3, 0.4) is 0 Å². The summed E-state index contributed by atoms with van der Waals surface area (Å²) in [5.74, 6) is -0.217. The average Bonchev–Trinajstić information content (AvgIpc) is 3.10. The molecule has 1 aromatic heterocycles. The molecular weight excluding hydrogens is 411 g/mol. The zero-order valence-corrected chi connectivity index (χ0v) is 17.8. The van der Waals surface area contributed by atoms with Crippen molar-refractivity contribution in [3.63, 3.8) is 0 Å². The van der Waals surface area contributed by atoms with Gasteiger partial charge in [-0.25, -0.2) is 0 Å². The van der Waals surface area contributed by atoms with Crippen molar-refractivity contribution in [2.45, 2.75) is 32.9 Å². The molecule has 0 unspecified atom stereocenters. The molecule has 0 aliphatic heterocycles. The van der Waals surface area contributed by atoms with Gasteiger partial charge in [0.15, 0.2) is 0 Å². The third kappa shape index (κ3) is 4.92. The highest BCUT2D eigenvalue weighted by molar-refractivity contribution is 6.36. The predicted molar refractivity (Wildman–Crippen MR) is 115 cm³/mol. The molecule has 0 saturated carbocycles. The first-order valence-corrected chi connectivity index (χ1v) is 10.1. The first-order valence-electron chi connectivity index (χ1n) is 9.31. The Kier molecular flexibility index (Phi) is 6.50. The topological polar surface area (TPSA) is 71.3 Å². The number of rotatable bonds is 6. The van der Waals surface area contributed by atoms with E-state index >= 15 is 0 Å². The van der Waals surface area contributed by atoms with E-state index in [4.69, 9.17) is 27.6 Å². The predicted octanol–water partition coefficient (Wildman–Crippen LogP) is 5.37. The Balaban J connectivity index is 1.72.